The van der Waals surface area contributed by atoms with Gasteiger partial charge in [-0.15, -0.1) is 0 Å². The molecule has 8 heteroatoms. The van der Waals surface area contributed by atoms with Crippen molar-refractivity contribution in [1.82, 2.24) is 9.21 Å². The van der Waals surface area contributed by atoms with Crippen LogP contribution in [0.4, 0.5) is 0 Å². The van der Waals surface area contributed by atoms with Gasteiger partial charge in [0.25, 0.3) is 0 Å². The highest BCUT2D eigenvalue weighted by molar-refractivity contribution is 7.92. The minimum atomic E-state index is -3.69. The predicted molar refractivity (Wildman–Crippen MR) is 89.2 cm³/mol. The number of benzene rings is 1. The summed E-state index contributed by atoms with van der Waals surface area (Å²) in [5.41, 5.74) is 0.758. The van der Waals surface area contributed by atoms with Gasteiger partial charge in [0.05, 0.1) is 13.2 Å². The molecule has 0 bridgehead atoms. The molecule has 24 heavy (non-hydrogen) atoms. The Balaban J connectivity index is 1.98. The molecule has 0 atom stereocenters. The van der Waals surface area contributed by atoms with Gasteiger partial charge in [-0.25, -0.2) is 8.42 Å². The first-order valence-corrected chi connectivity index (χ1v) is 9.09. The highest BCUT2D eigenvalue weighted by Gasteiger charge is 2.31. The largest absolute Gasteiger partial charge is 0.465 e. The molecule has 1 aliphatic heterocycles. The van der Waals surface area contributed by atoms with E-state index in [2.05, 4.69) is 0 Å². The molecule has 0 aromatic heterocycles. The molecule has 0 radical (unpaired) electrons. The molecule has 1 saturated heterocycles. The van der Waals surface area contributed by atoms with Crippen molar-refractivity contribution < 1.29 is 22.7 Å². The predicted octanol–water partition coefficient (Wildman–Crippen LogP) is 0.694. The lowest BCUT2D eigenvalue weighted by Crippen LogP contribution is -2.53. The van der Waals surface area contributed by atoms with Crippen molar-refractivity contribution >= 4 is 28.0 Å². The maximum Gasteiger partial charge on any atom is 0.325 e. The summed E-state index contributed by atoms with van der Waals surface area (Å²) >= 11 is 0. The zero-order valence-corrected chi connectivity index (χ0v) is 14.2. The summed E-state index contributed by atoms with van der Waals surface area (Å²) in [5, 5.41) is 1.09. The fraction of sp³-hybridized carbons (Fsp3) is 0.375. The number of carbonyl (C=O) groups excluding carboxylic acids is 2. The van der Waals surface area contributed by atoms with E-state index < -0.39 is 21.9 Å². The third kappa shape index (κ3) is 4.90. The second kappa shape index (κ2) is 8.07. The lowest BCUT2D eigenvalue weighted by atomic mass is 10.2. The average molecular weight is 352 g/mol. The summed E-state index contributed by atoms with van der Waals surface area (Å²) in [4.78, 5) is 24.8. The van der Waals surface area contributed by atoms with Crippen LogP contribution in [0.25, 0.3) is 6.08 Å². The number of carbonyl (C=O) groups is 2. The van der Waals surface area contributed by atoms with E-state index >= 15 is 0 Å². The van der Waals surface area contributed by atoms with Gasteiger partial charge in [-0.05, 0) is 18.6 Å². The average Bonchev–Trinajstić information content (AvgIpc) is 2.56. The zero-order chi connectivity index (χ0) is 17.6. The molecule has 0 N–H and O–H groups in total. The maximum atomic E-state index is 12.3. The lowest BCUT2D eigenvalue weighted by Gasteiger charge is -2.32. The summed E-state index contributed by atoms with van der Waals surface area (Å²) in [6.45, 7) is 1.80. The SMILES string of the molecule is CCOC(=O)CN1CCN(S(=O)(=O)/C=C/c2ccccc2)CC1=O. The molecule has 1 fully saturated rings. The van der Waals surface area contributed by atoms with E-state index in [9.17, 15) is 18.0 Å². The third-order valence-electron chi connectivity index (χ3n) is 3.50. The molecule has 7 nitrogen and oxygen atoms in total. The number of nitrogens with zero attached hydrogens (tertiary/aromatic N) is 2. The second-order valence-electron chi connectivity index (χ2n) is 5.21. The molecular weight excluding hydrogens is 332 g/mol. The number of piperazine rings is 1. The number of ether oxygens (including phenoxy) is 1. The zero-order valence-electron chi connectivity index (χ0n) is 13.4. The molecule has 2 rings (SSSR count). The minimum Gasteiger partial charge on any atom is -0.465 e. The molecule has 0 saturated carbocycles. The van der Waals surface area contributed by atoms with Crippen molar-refractivity contribution in [2.24, 2.45) is 0 Å². The quantitative estimate of drug-likeness (QED) is 0.704. The Hall–Kier alpha value is -2.19. The topological polar surface area (TPSA) is 84.0 Å². The third-order valence-corrected chi connectivity index (χ3v) is 5.01. The van der Waals surface area contributed by atoms with Gasteiger partial charge in [0.15, 0.2) is 0 Å². The van der Waals surface area contributed by atoms with E-state index in [4.69, 9.17) is 4.74 Å². The number of amides is 1. The first-order chi connectivity index (χ1) is 11.4. The lowest BCUT2D eigenvalue weighted by molar-refractivity contribution is -0.150. The van der Waals surface area contributed by atoms with Crippen molar-refractivity contribution in [2.45, 2.75) is 6.92 Å². The van der Waals surface area contributed by atoms with Crippen LogP contribution in [0.2, 0.25) is 0 Å². The Morgan fingerprint density at radius 3 is 2.58 bits per heavy atom. The van der Waals surface area contributed by atoms with Crippen LogP contribution in [0.1, 0.15) is 12.5 Å². The number of rotatable bonds is 6. The number of sulfonamides is 1. The molecule has 1 aromatic rings. The number of hydrogen-bond donors (Lipinski definition) is 0. The molecule has 130 valence electrons. The van der Waals surface area contributed by atoms with Crippen molar-refractivity contribution in [2.75, 3.05) is 32.8 Å². The Bertz CT molecular complexity index is 715. The number of esters is 1. The smallest absolute Gasteiger partial charge is 0.325 e. The Kier molecular flexibility index (Phi) is 6.10. The first-order valence-electron chi connectivity index (χ1n) is 7.59. The fourth-order valence-corrected chi connectivity index (χ4v) is 3.38. The molecule has 1 aromatic carbocycles. The van der Waals surface area contributed by atoms with Crippen LogP contribution in [-0.4, -0.2) is 62.3 Å². The van der Waals surface area contributed by atoms with E-state index in [1.54, 1.807) is 19.1 Å². The maximum absolute atomic E-state index is 12.3. The van der Waals surface area contributed by atoms with Crippen LogP contribution in [0.3, 0.4) is 0 Å². The van der Waals surface area contributed by atoms with Gasteiger partial charge in [0.1, 0.15) is 6.54 Å². The molecule has 1 aliphatic rings. The normalized spacial score (nSPS) is 16.5. The van der Waals surface area contributed by atoms with Crippen LogP contribution in [0.15, 0.2) is 35.7 Å². The van der Waals surface area contributed by atoms with Crippen molar-refractivity contribution in [3.8, 4) is 0 Å². The minimum absolute atomic E-state index is 0.145. The Morgan fingerprint density at radius 2 is 1.96 bits per heavy atom. The van der Waals surface area contributed by atoms with Gasteiger partial charge in [-0.1, -0.05) is 30.3 Å². The fourth-order valence-electron chi connectivity index (χ4n) is 2.25. The highest BCUT2D eigenvalue weighted by Crippen LogP contribution is 2.12. The van der Waals surface area contributed by atoms with Gasteiger partial charge < -0.3 is 9.64 Å². The van der Waals surface area contributed by atoms with Gasteiger partial charge in [-0.3, -0.25) is 9.59 Å². The highest BCUT2D eigenvalue weighted by atomic mass is 32.2. The molecule has 1 heterocycles. The van der Waals surface area contributed by atoms with E-state index in [1.165, 1.54) is 11.0 Å². The van der Waals surface area contributed by atoms with Crippen molar-refractivity contribution in [3.63, 3.8) is 0 Å². The summed E-state index contributed by atoms with van der Waals surface area (Å²) in [6, 6.07) is 9.03. The molecule has 0 aliphatic carbocycles. The summed E-state index contributed by atoms with van der Waals surface area (Å²) < 4.78 is 30.5. The standard InChI is InChI=1S/C16H20N2O5S/c1-2-23-16(20)13-17-9-10-18(12-15(17)19)24(21,22)11-8-14-6-4-3-5-7-14/h3-8,11H,2,9-10,12-13H2,1H3/b11-8+. The monoisotopic (exact) mass is 352 g/mol. The Morgan fingerprint density at radius 1 is 1.25 bits per heavy atom. The van der Waals surface area contributed by atoms with Crippen molar-refractivity contribution in [1.29, 1.82) is 0 Å². The van der Waals surface area contributed by atoms with E-state index in [0.29, 0.717) is 0 Å². The summed E-state index contributed by atoms with van der Waals surface area (Å²) in [5.74, 6) is -0.905. The van der Waals surface area contributed by atoms with Crippen molar-refractivity contribution in [3.05, 3.63) is 41.3 Å². The van der Waals surface area contributed by atoms with Gasteiger partial charge in [0.2, 0.25) is 15.9 Å². The Labute approximate surface area is 141 Å². The second-order valence-corrected chi connectivity index (χ2v) is 7.03. The van der Waals surface area contributed by atoms with E-state index in [1.807, 2.05) is 18.2 Å². The molecular formula is C16H20N2O5S. The van der Waals surface area contributed by atoms with Crippen LogP contribution < -0.4 is 0 Å². The first kappa shape index (κ1) is 18.2. The van der Waals surface area contributed by atoms with Crippen LogP contribution in [-0.2, 0) is 24.3 Å². The molecule has 0 unspecified atom stereocenters. The van der Waals surface area contributed by atoms with Crippen LogP contribution in [0, 0.1) is 0 Å². The van der Waals surface area contributed by atoms with Gasteiger partial charge in [-0.2, -0.15) is 4.31 Å². The molecule has 1 amide bonds. The number of hydrogen-bond acceptors (Lipinski definition) is 5. The molecule has 0 spiro atoms. The van der Waals surface area contributed by atoms with Crippen LogP contribution in [0.5, 0.6) is 0 Å². The summed E-state index contributed by atoms with van der Waals surface area (Å²) in [6.07, 6.45) is 1.49. The van der Waals surface area contributed by atoms with E-state index in [-0.39, 0.29) is 32.8 Å². The summed E-state index contributed by atoms with van der Waals surface area (Å²) in [7, 11) is -3.69. The van der Waals surface area contributed by atoms with Crippen LogP contribution >= 0.6 is 0 Å². The van der Waals surface area contributed by atoms with Gasteiger partial charge >= 0.3 is 5.97 Å². The van der Waals surface area contributed by atoms with E-state index in [0.717, 1.165) is 15.3 Å². The van der Waals surface area contributed by atoms with Gasteiger partial charge in [0, 0.05) is 18.5 Å².